The third kappa shape index (κ3) is 4.68. The van der Waals surface area contributed by atoms with Gasteiger partial charge in [-0.3, -0.25) is 9.59 Å². The molecule has 0 fully saturated rings. The zero-order valence-electron chi connectivity index (χ0n) is 14.2. The molecule has 23 heavy (non-hydrogen) atoms. The van der Waals surface area contributed by atoms with Gasteiger partial charge in [0, 0.05) is 11.8 Å². The number of aryl methyl sites for hydroxylation is 1. The number of amides is 1. The van der Waals surface area contributed by atoms with E-state index in [1.54, 1.807) is 32.2 Å². The molecule has 1 aromatic heterocycles. The average molecular weight is 322 g/mol. The van der Waals surface area contributed by atoms with E-state index in [4.69, 9.17) is 0 Å². The van der Waals surface area contributed by atoms with Crippen LogP contribution in [0.2, 0.25) is 0 Å². The molecule has 1 rings (SSSR count). The number of carboxylic acids is 1. The Labute approximate surface area is 136 Å². The zero-order valence-corrected chi connectivity index (χ0v) is 14.2. The molecule has 0 bridgehead atoms. The lowest BCUT2D eigenvalue weighted by atomic mass is 9.98. The Morgan fingerprint density at radius 2 is 2.00 bits per heavy atom. The summed E-state index contributed by atoms with van der Waals surface area (Å²) in [4.78, 5) is 36.3. The van der Waals surface area contributed by atoms with Crippen LogP contribution in [0.4, 0.5) is 0 Å². The Balaban J connectivity index is 3.10. The predicted octanol–water partition coefficient (Wildman–Crippen LogP) is 2.11. The van der Waals surface area contributed by atoms with Crippen LogP contribution < -0.4 is 10.9 Å². The maximum absolute atomic E-state index is 12.6. The molecule has 0 aliphatic rings. The van der Waals surface area contributed by atoms with Crippen molar-refractivity contribution in [3.63, 3.8) is 0 Å². The molecule has 0 saturated heterocycles. The zero-order chi connectivity index (χ0) is 17.6. The van der Waals surface area contributed by atoms with E-state index in [1.807, 2.05) is 13.8 Å². The molecular weight excluding hydrogens is 296 g/mol. The summed E-state index contributed by atoms with van der Waals surface area (Å²) >= 11 is 0. The smallest absolute Gasteiger partial charge is 0.326 e. The fourth-order valence-corrected chi connectivity index (χ4v) is 2.47. The second-order valence-electron chi connectivity index (χ2n) is 5.92. The van der Waals surface area contributed by atoms with Gasteiger partial charge in [0.2, 0.25) is 5.91 Å². The van der Waals surface area contributed by atoms with Gasteiger partial charge in [0.1, 0.15) is 12.1 Å². The van der Waals surface area contributed by atoms with Gasteiger partial charge in [-0.05, 0) is 25.3 Å². The minimum Gasteiger partial charge on any atom is -0.480 e. The molecule has 0 saturated carbocycles. The van der Waals surface area contributed by atoms with Gasteiger partial charge < -0.3 is 15.0 Å². The van der Waals surface area contributed by atoms with Crippen molar-refractivity contribution in [1.29, 1.82) is 0 Å². The third-order valence-electron chi connectivity index (χ3n) is 4.14. The summed E-state index contributed by atoms with van der Waals surface area (Å²) in [5, 5.41) is 11.9. The maximum atomic E-state index is 12.6. The molecule has 6 heteroatoms. The summed E-state index contributed by atoms with van der Waals surface area (Å²) in [6.45, 7) is 7.28. The molecule has 3 atom stereocenters. The molecule has 1 heterocycles. The lowest BCUT2D eigenvalue weighted by Gasteiger charge is -2.24. The van der Waals surface area contributed by atoms with Crippen LogP contribution in [-0.2, 0) is 9.59 Å². The highest BCUT2D eigenvalue weighted by Crippen LogP contribution is 2.15. The summed E-state index contributed by atoms with van der Waals surface area (Å²) in [5.41, 5.74) is 0.328. The molecule has 0 aromatic carbocycles. The van der Waals surface area contributed by atoms with E-state index < -0.39 is 24.0 Å². The summed E-state index contributed by atoms with van der Waals surface area (Å²) in [5.74, 6) is -1.67. The van der Waals surface area contributed by atoms with Crippen molar-refractivity contribution < 1.29 is 14.7 Å². The normalized spacial score (nSPS) is 14.8. The molecule has 0 spiro atoms. The van der Waals surface area contributed by atoms with Gasteiger partial charge in [0.25, 0.3) is 5.56 Å². The van der Waals surface area contributed by atoms with Crippen LogP contribution >= 0.6 is 0 Å². The van der Waals surface area contributed by atoms with Crippen LogP contribution in [0, 0.1) is 12.8 Å². The average Bonchev–Trinajstić information content (AvgIpc) is 2.52. The highest BCUT2D eigenvalue weighted by atomic mass is 16.4. The number of carbonyl (C=O) groups excluding carboxylic acids is 1. The van der Waals surface area contributed by atoms with Crippen molar-refractivity contribution in [2.24, 2.45) is 5.92 Å². The van der Waals surface area contributed by atoms with E-state index in [9.17, 15) is 19.5 Å². The molecule has 0 radical (unpaired) electrons. The number of carbonyl (C=O) groups is 2. The summed E-state index contributed by atoms with van der Waals surface area (Å²) in [6.07, 6.45) is 3.40. The van der Waals surface area contributed by atoms with Gasteiger partial charge >= 0.3 is 5.97 Å². The largest absolute Gasteiger partial charge is 0.480 e. The van der Waals surface area contributed by atoms with Crippen molar-refractivity contribution in [2.75, 3.05) is 0 Å². The number of aliphatic carboxylic acids is 1. The summed E-state index contributed by atoms with van der Waals surface area (Å²) in [7, 11) is 0. The van der Waals surface area contributed by atoms with Crippen LogP contribution in [-0.4, -0.2) is 27.6 Å². The Bertz CT molecular complexity index is 609. The first kappa shape index (κ1) is 18.9. The van der Waals surface area contributed by atoms with Crippen LogP contribution in [0.1, 0.15) is 51.6 Å². The number of nitrogens with one attached hydrogen (secondary N) is 1. The second-order valence-corrected chi connectivity index (χ2v) is 5.92. The summed E-state index contributed by atoms with van der Waals surface area (Å²) < 4.78 is 1.39. The molecule has 128 valence electrons. The Morgan fingerprint density at radius 1 is 1.35 bits per heavy atom. The number of pyridine rings is 1. The van der Waals surface area contributed by atoms with Gasteiger partial charge in [-0.2, -0.15) is 0 Å². The SMILES string of the molecule is CCCC(C(=O)NC(C(=O)O)C(C)CC)n1cccc(C)c1=O. The lowest BCUT2D eigenvalue weighted by molar-refractivity contribution is -0.143. The van der Waals surface area contributed by atoms with Gasteiger partial charge in [-0.15, -0.1) is 0 Å². The van der Waals surface area contributed by atoms with Crippen molar-refractivity contribution in [3.05, 3.63) is 34.2 Å². The van der Waals surface area contributed by atoms with Crippen LogP contribution in [0.15, 0.2) is 23.1 Å². The fraction of sp³-hybridized carbons (Fsp3) is 0.588. The van der Waals surface area contributed by atoms with Crippen LogP contribution in [0.5, 0.6) is 0 Å². The summed E-state index contributed by atoms with van der Waals surface area (Å²) in [6, 6.07) is 1.76. The van der Waals surface area contributed by atoms with Gasteiger partial charge in [0.15, 0.2) is 0 Å². The topological polar surface area (TPSA) is 88.4 Å². The number of carboxylic acid groups (broad SMARTS) is 1. The first-order valence-electron chi connectivity index (χ1n) is 8.04. The standard InChI is InChI=1S/C17H26N2O4/c1-5-8-13(19-10-7-9-12(4)16(19)21)15(20)18-14(17(22)23)11(3)6-2/h7,9-11,13-14H,5-6,8H2,1-4H3,(H,18,20)(H,22,23). The maximum Gasteiger partial charge on any atom is 0.326 e. The van der Waals surface area contributed by atoms with Crippen molar-refractivity contribution in [1.82, 2.24) is 9.88 Å². The minimum absolute atomic E-state index is 0.187. The molecular formula is C17H26N2O4. The van der Waals surface area contributed by atoms with E-state index in [1.165, 1.54) is 4.57 Å². The molecule has 2 N–H and O–H groups in total. The number of rotatable bonds is 8. The van der Waals surface area contributed by atoms with Crippen molar-refractivity contribution in [3.8, 4) is 0 Å². The van der Waals surface area contributed by atoms with Crippen LogP contribution in [0.3, 0.4) is 0 Å². The molecule has 0 aliphatic heterocycles. The molecule has 0 aliphatic carbocycles. The number of hydrogen-bond acceptors (Lipinski definition) is 3. The molecule has 6 nitrogen and oxygen atoms in total. The third-order valence-corrected chi connectivity index (χ3v) is 4.14. The molecule has 1 aromatic rings. The second kappa shape index (κ2) is 8.50. The Kier molecular flexibility index (Phi) is 7.00. The van der Waals surface area contributed by atoms with E-state index in [0.717, 1.165) is 0 Å². The number of aromatic nitrogens is 1. The Hall–Kier alpha value is -2.11. The van der Waals surface area contributed by atoms with Crippen molar-refractivity contribution in [2.45, 2.75) is 59.0 Å². The molecule has 3 unspecified atom stereocenters. The Morgan fingerprint density at radius 3 is 2.52 bits per heavy atom. The van der Waals surface area contributed by atoms with Crippen molar-refractivity contribution >= 4 is 11.9 Å². The monoisotopic (exact) mass is 322 g/mol. The van der Waals surface area contributed by atoms with E-state index in [-0.39, 0.29) is 11.5 Å². The minimum atomic E-state index is -1.06. The fourth-order valence-electron chi connectivity index (χ4n) is 2.47. The highest BCUT2D eigenvalue weighted by Gasteiger charge is 2.29. The number of hydrogen-bond donors (Lipinski definition) is 2. The predicted molar refractivity (Wildman–Crippen MR) is 88.4 cm³/mol. The lowest BCUT2D eigenvalue weighted by Crippen LogP contribution is -2.48. The first-order chi connectivity index (χ1) is 10.8. The quantitative estimate of drug-likeness (QED) is 0.767. The van der Waals surface area contributed by atoms with Gasteiger partial charge in [-0.1, -0.05) is 39.7 Å². The van der Waals surface area contributed by atoms with Crippen LogP contribution in [0.25, 0.3) is 0 Å². The van der Waals surface area contributed by atoms with E-state index in [2.05, 4.69) is 5.32 Å². The van der Waals surface area contributed by atoms with E-state index in [0.29, 0.717) is 24.8 Å². The first-order valence-corrected chi connectivity index (χ1v) is 8.04. The highest BCUT2D eigenvalue weighted by molar-refractivity contribution is 5.86. The van der Waals surface area contributed by atoms with Gasteiger partial charge in [0.05, 0.1) is 0 Å². The number of nitrogens with zero attached hydrogens (tertiary/aromatic N) is 1. The van der Waals surface area contributed by atoms with Gasteiger partial charge in [-0.25, -0.2) is 4.79 Å². The molecule has 1 amide bonds. The van der Waals surface area contributed by atoms with E-state index >= 15 is 0 Å².